The van der Waals surface area contributed by atoms with E-state index < -0.39 is 24.0 Å². The smallest absolute Gasteiger partial charge is 0.303 e. The van der Waals surface area contributed by atoms with Crippen LogP contribution in [-0.4, -0.2) is 46.4 Å². The molecule has 0 heterocycles. The summed E-state index contributed by atoms with van der Waals surface area (Å²) in [4.78, 5) is 36.6. The number of primary amides is 1. The van der Waals surface area contributed by atoms with E-state index in [2.05, 4.69) is 6.92 Å². The molecule has 0 aliphatic carbocycles. The van der Waals surface area contributed by atoms with E-state index in [0.29, 0.717) is 6.54 Å². The van der Waals surface area contributed by atoms with Crippen LogP contribution in [0.4, 0.5) is 0 Å². The number of rotatable bonds is 23. The minimum Gasteiger partial charge on any atom is -0.481 e. The van der Waals surface area contributed by atoms with Crippen molar-refractivity contribution in [3.05, 3.63) is 0 Å². The molecule has 0 aromatic rings. The molecule has 0 spiro atoms. The number of aliphatic carboxylic acids is 1. The van der Waals surface area contributed by atoms with Crippen molar-refractivity contribution in [1.82, 2.24) is 4.90 Å². The number of carboxylic acid groups (broad SMARTS) is 1. The molecule has 194 valence electrons. The van der Waals surface area contributed by atoms with Crippen molar-refractivity contribution in [2.45, 2.75) is 142 Å². The number of unbranched alkanes of at least 4 members (excludes halogenated alkanes) is 15. The fourth-order valence-electron chi connectivity index (χ4n) is 4.22. The molecule has 0 fully saturated rings. The number of hydrogen-bond acceptors (Lipinski definition) is 4. The average molecular weight is 470 g/mol. The van der Waals surface area contributed by atoms with Gasteiger partial charge in [-0.1, -0.05) is 103 Å². The summed E-state index contributed by atoms with van der Waals surface area (Å²) in [5.74, 6) is -2.05. The molecule has 7 heteroatoms. The van der Waals surface area contributed by atoms with Gasteiger partial charge < -0.3 is 21.5 Å². The predicted octanol–water partition coefficient (Wildman–Crippen LogP) is 5.14. The molecule has 0 radical (unpaired) electrons. The molecule has 5 N–H and O–H groups in total. The third-order valence-electron chi connectivity index (χ3n) is 6.26. The predicted molar refractivity (Wildman–Crippen MR) is 135 cm³/mol. The Hall–Kier alpha value is -1.63. The van der Waals surface area contributed by atoms with Crippen molar-refractivity contribution in [3.63, 3.8) is 0 Å². The lowest BCUT2D eigenvalue weighted by Crippen LogP contribution is -2.53. The van der Waals surface area contributed by atoms with Crippen LogP contribution >= 0.6 is 0 Å². The minimum atomic E-state index is -1.02. The summed E-state index contributed by atoms with van der Waals surface area (Å²) in [6, 6.07) is -1.67. The Bertz CT molecular complexity index is 526. The summed E-state index contributed by atoms with van der Waals surface area (Å²) < 4.78 is 0. The summed E-state index contributed by atoms with van der Waals surface area (Å²) in [5, 5.41) is 8.92. The lowest BCUT2D eigenvalue weighted by Gasteiger charge is -2.31. The molecule has 0 aliphatic heterocycles. The second kappa shape index (κ2) is 20.9. The highest BCUT2D eigenvalue weighted by Gasteiger charge is 2.29. The lowest BCUT2D eigenvalue weighted by molar-refractivity contribution is -0.142. The first-order valence-electron chi connectivity index (χ1n) is 13.4. The zero-order chi connectivity index (χ0) is 24.9. The van der Waals surface area contributed by atoms with Crippen LogP contribution in [0.25, 0.3) is 0 Å². The summed E-state index contributed by atoms with van der Waals surface area (Å²) in [7, 11) is 0. The van der Waals surface area contributed by atoms with E-state index in [9.17, 15) is 14.4 Å². The van der Waals surface area contributed by atoms with Gasteiger partial charge in [0.2, 0.25) is 11.8 Å². The maximum Gasteiger partial charge on any atom is 0.303 e. The minimum absolute atomic E-state index is 0.0159. The van der Waals surface area contributed by atoms with Crippen LogP contribution in [-0.2, 0) is 14.4 Å². The second-order valence-electron chi connectivity index (χ2n) is 9.47. The van der Waals surface area contributed by atoms with E-state index >= 15 is 0 Å². The normalized spacial score (nSPS) is 12.9. The van der Waals surface area contributed by atoms with Crippen LogP contribution in [0.15, 0.2) is 0 Å². The van der Waals surface area contributed by atoms with Gasteiger partial charge in [0.25, 0.3) is 0 Å². The molecule has 7 nitrogen and oxygen atoms in total. The fourth-order valence-corrected chi connectivity index (χ4v) is 4.22. The maximum atomic E-state index is 12.5. The molecule has 0 aromatic heterocycles. The van der Waals surface area contributed by atoms with Crippen LogP contribution in [0.1, 0.15) is 129 Å². The van der Waals surface area contributed by atoms with Crippen molar-refractivity contribution in [3.8, 4) is 0 Å². The van der Waals surface area contributed by atoms with Gasteiger partial charge >= 0.3 is 5.97 Å². The van der Waals surface area contributed by atoms with Crippen molar-refractivity contribution < 1.29 is 19.5 Å². The Labute approximate surface area is 202 Å². The molecule has 0 rings (SSSR count). The van der Waals surface area contributed by atoms with Crippen molar-refractivity contribution in [1.29, 1.82) is 0 Å². The number of nitrogens with zero attached hydrogens (tertiary/aromatic N) is 1. The lowest BCUT2D eigenvalue weighted by atomic mass is 10.0. The molecule has 0 saturated heterocycles. The van der Waals surface area contributed by atoms with Gasteiger partial charge in [0.1, 0.15) is 6.04 Å². The van der Waals surface area contributed by atoms with E-state index in [-0.39, 0.29) is 18.7 Å². The van der Waals surface area contributed by atoms with Gasteiger partial charge in [-0.05, 0) is 19.8 Å². The molecular formula is C26H51N3O4. The van der Waals surface area contributed by atoms with Gasteiger partial charge in [-0.2, -0.15) is 0 Å². The molecule has 0 aromatic carbocycles. The second-order valence-corrected chi connectivity index (χ2v) is 9.47. The number of nitrogens with two attached hydrogens (primary N) is 2. The molecule has 0 aliphatic rings. The number of carboxylic acids is 1. The highest BCUT2D eigenvalue weighted by Crippen LogP contribution is 2.15. The highest BCUT2D eigenvalue weighted by atomic mass is 16.4. The number of hydrogen-bond donors (Lipinski definition) is 3. The summed E-state index contributed by atoms with van der Waals surface area (Å²) in [6.45, 7) is 4.21. The summed E-state index contributed by atoms with van der Waals surface area (Å²) in [5.41, 5.74) is 11.2. The Morgan fingerprint density at radius 1 is 0.758 bits per heavy atom. The molecule has 2 atom stereocenters. The fraction of sp³-hybridized carbons (Fsp3) is 0.885. The van der Waals surface area contributed by atoms with Crippen LogP contribution in [0.3, 0.4) is 0 Å². The molecule has 0 saturated carbocycles. The van der Waals surface area contributed by atoms with Gasteiger partial charge in [0.05, 0.1) is 6.04 Å². The molecule has 33 heavy (non-hydrogen) atoms. The van der Waals surface area contributed by atoms with E-state index in [1.807, 2.05) is 0 Å². The molecular weight excluding hydrogens is 418 g/mol. The maximum absolute atomic E-state index is 12.5. The van der Waals surface area contributed by atoms with Gasteiger partial charge in [-0.3, -0.25) is 14.4 Å². The topological polar surface area (TPSA) is 127 Å². The van der Waals surface area contributed by atoms with Crippen LogP contribution in [0.2, 0.25) is 0 Å². The van der Waals surface area contributed by atoms with Gasteiger partial charge in [0, 0.05) is 13.0 Å². The Kier molecular flexibility index (Phi) is 19.9. The average Bonchev–Trinajstić information content (AvgIpc) is 2.76. The summed E-state index contributed by atoms with van der Waals surface area (Å²) in [6.07, 6.45) is 20.0. The Morgan fingerprint density at radius 3 is 1.48 bits per heavy atom. The Balaban J connectivity index is 3.94. The third kappa shape index (κ3) is 17.5. The van der Waals surface area contributed by atoms with Crippen LogP contribution in [0.5, 0.6) is 0 Å². The quantitative estimate of drug-likeness (QED) is 0.179. The van der Waals surface area contributed by atoms with E-state index in [4.69, 9.17) is 16.6 Å². The Morgan fingerprint density at radius 2 is 1.15 bits per heavy atom. The largest absolute Gasteiger partial charge is 0.481 e. The van der Waals surface area contributed by atoms with Gasteiger partial charge in [-0.15, -0.1) is 0 Å². The monoisotopic (exact) mass is 469 g/mol. The number of carbonyl (C=O) groups excluding carboxylic acids is 2. The van der Waals surface area contributed by atoms with Crippen molar-refractivity contribution in [2.75, 3.05) is 6.54 Å². The van der Waals surface area contributed by atoms with E-state index in [0.717, 1.165) is 19.3 Å². The van der Waals surface area contributed by atoms with Gasteiger partial charge in [-0.25, -0.2) is 0 Å². The van der Waals surface area contributed by atoms with Crippen molar-refractivity contribution in [2.24, 2.45) is 11.5 Å². The first-order chi connectivity index (χ1) is 15.8. The molecule has 0 bridgehead atoms. The first kappa shape index (κ1) is 31.4. The van der Waals surface area contributed by atoms with Crippen molar-refractivity contribution >= 4 is 17.8 Å². The third-order valence-corrected chi connectivity index (χ3v) is 6.26. The van der Waals surface area contributed by atoms with E-state index in [1.54, 1.807) is 6.92 Å². The first-order valence-corrected chi connectivity index (χ1v) is 13.4. The molecule has 2 amide bonds. The standard InChI is InChI=1S/C26H51N3O4/c1-3-4-5-6-7-8-9-10-11-12-13-14-15-16-17-18-21-29(26(33)22(2)27)23(25(28)32)19-20-24(30)31/h22-23H,3-21,27H2,1-2H3,(H2,28,32)(H,30,31)/t22-,23+/m0/s1. The molecule has 0 unspecified atom stereocenters. The van der Waals surface area contributed by atoms with Crippen LogP contribution in [0, 0.1) is 0 Å². The SMILES string of the molecule is CCCCCCCCCCCCCCCCCCN(C(=O)[C@H](C)N)[C@H](CCC(=O)O)C(N)=O. The highest BCUT2D eigenvalue weighted by molar-refractivity contribution is 5.89. The number of carbonyl (C=O) groups is 3. The van der Waals surface area contributed by atoms with E-state index in [1.165, 1.54) is 88.4 Å². The van der Waals surface area contributed by atoms with Gasteiger partial charge in [0.15, 0.2) is 0 Å². The van der Waals surface area contributed by atoms with Crippen LogP contribution < -0.4 is 11.5 Å². The zero-order valence-corrected chi connectivity index (χ0v) is 21.4. The number of amides is 2. The zero-order valence-electron chi connectivity index (χ0n) is 21.4. The summed E-state index contributed by atoms with van der Waals surface area (Å²) >= 11 is 0.